The molecule has 168 valence electrons. The molecule has 0 aromatic rings. The summed E-state index contributed by atoms with van der Waals surface area (Å²) in [5.41, 5.74) is 5.29. The van der Waals surface area contributed by atoms with Gasteiger partial charge in [0.25, 0.3) is 0 Å². The summed E-state index contributed by atoms with van der Waals surface area (Å²) in [6.07, 6.45) is 0.781. The Morgan fingerprint density at radius 1 is 0.724 bits per heavy atom. The molecule has 0 radical (unpaired) electrons. The van der Waals surface area contributed by atoms with Crippen LogP contribution < -0.4 is 5.73 Å². The highest BCUT2D eigenvalue weighted by molar-refractivity contribution is 5.75. The molecule has 1 saturated heterocycles. The Balaban J connectivity index is 0.00000379. The zero-order chi connectivity index (χ0) is 22.2. The Labute approximate surface area is 170 Å². The predicted molar refractivity (Wildman–Crippen MR) is 104 cm³/mol. The van der Waals surface area contributed by atoms with E-state index in [9.17, 15) is 19.2 Å². The van der Waals surface area contributed by atoms with E-state index in [0.29, 0.717) is 52.4 Å². The third-order valence-corrected chi connectivity index (χ3v) is 4.36. The number of primary amides is 1. The van der Waals surface area contributed by atoms with Gasteiger partial charge >= 0.3 is 11.9 Å². The maximum absolute atomic E-state index is 11.3. The Morgan fingerprint density at radius 3 is 1.31 bits per heavy atom. The van der Waals surface area contributed by atoms with Gasteiger partial charge in [0, 0.05) is 59.5 Å². The molecular weight excluding hydrogens is 386 g/mol. The van der Waals surface area contributed by atoms with Crippen molar-refractivity contribution in [3.8, 4) is 0 Å². The second kappa shape index (κ2) is 15.8. The lowest BCUT2D eigenvalue weighted by Gasteiger charge is -2.32. The van der Waals surface area contributed by atoms with Crippen LogP contribution in [0, 0.1) is 0 Å². The molecule has 0 unspecified atom stereocenters. The van der Waals surface area contributed by atoms with Crippen LogP contribution in [0.4, 0.5) is 0 Å². The molecule has 1 heterocycles. The van der Waals surface area contributed by atoms with Gasteiger partial charge in [-0.2, -0.15) is 0 Å². The van der Waals surface area contributed by atoms with Gasteiger partial charge in [0.2, 0.25) is 5.91 Å². The van der Waals surface area contributed by atoms with Crippen molar-refractivity contribution in [2.45, 2.75) is 0 Å². The van der Waals surface area contributed by atoms with E-state index in [2.05, 4.69) is 0 Å². The molecule has 0 bridgehead atoms. The van der Waals surface area contributed by atoms with E-state index in [-0.39, 0.29) is 26.2 Å². The topological polar surface area (TPSA) is 168 Å². The number of aliphatic hydroxyl groups excluding tert-OH is 1. The summed E-state index contributed by atoms with van der Waals surface area (Å²) >= 11 is 0. The molecule has 0 aliphatic carbocycles. The van der Waals surface area contributed by atoms with E-state index < -0.39 is 17.8 Å². The number of hydrogen-bond donors (Lipinski definition) is 4. The highest BCUT2D eigenvalue weighted by Crippen LogP contribution is 2.00. The van der Waals surface area contributed by atoms with Gasteiger partial charge in [-0.1, -0.05) is 0 Å². The summed E-state index contributed by atoms with van der Waals surface area (Å²) in [5, 5.41) is 25.2. The number of rotatable bonds is 8. The number of aldehydes is 1. The van der Waals surface area contributed by atoms with Crippen molar-refractivity contribution in [3.05, 3.63) is 0 Å². The Kier molecular flexibility index (Phi) is 14.6. The molecule has 1 amide bonds. The molecule has 29 heavy (non-hydrogen) atoms. The standard InChI is InChI=1S/C16H29N5O6.CH4O/c17-14(23)11-19-5-7-20(12-15(24)25)3-1-18(9-10-22)2-4-21(8-6-19)13-16(26)27;1-2/h10H,1-9,11-13H2,(H2,17,23)(H,24,25)(H,26,27);2H,1H3. The van der Waals surface area contributed by atoms with Gasteiger partial charge in [-0.3, -0.25) is 34.0 Å². The molecule has 5 N–H and O–H groups in total. The summed E-state index contributed by atoms with van der Waals surface area (Å²) in [7, 11) is 1.00. The molecule has 0 aromatic heterocycles. The fraction of sp³-hybridized carbons (Fsp3) is 0.765. The zero-order valence-electron chi connectivity index (χ0n) is 16.9. The van der Waals surface area contributed by atoms with E-state index in [1.165, 1.54) is 0 Å². The highest BCUT2D eigenvalue weighted by atomic mass is 16.4. The number of nitrogens with two attached hydrogens (primary N) is 1. The molecule has 0 saturated carbocycles. The molecule has 0 atom stereocenters. The van der Waals surface area contributed by atoms with Crippen molar-refractivity contribution >= 4 is 24.1 Å². The van der Waals surface area contributed by atoms with E-state index >= 15 is 0 Å². The van der Waals surface area contributed by atoms with Crippen molar-refractivity contribution in [2.75, 3.05) is 85.6 Å². The zero-order valence-corrected chi connectivity index (χ0v) is 16.9. The monoisotopic (exact) mass is 419 g/mol. The van der Waals surface area contributed by atoms with Crippen molar-refractivity contribution in [1.82, 2.24) is 19.6 Å². The molecule has 12 heteroatoms. The SMILES string of the molecule is CO.NC(=O)CN1CCN(CC(=O)O)CCN(CC=O)CCN(CC(=O)O)CC1. The highest BCUT2D eigenvalue weighted by Gasteiger charge is 2.19. The minimum Gasteiger partial charge on any atom is -0.480 e. The Hall–Kier alpha value is -2.12. The van der Waals surface area contributed by atoms with Crippen LogP contribution >= 0.6 is 0 Å². The van der Waals surface area contributed by atoms with E-state index in [1.54, 1.807) is 14.7 Å². The fourth-order valence-corrected chi connectivity index (χ4v) is 2.94. The summed E-state index contributed by atoms with van der Waals surface area (Å²) in [6.45, 7) is 3.55. The molecule has 1 rings (SSSR count). The van der Waals surface area contributed by atoms with E-state index in [1.807, 2.05) is 4.90 Å². The number of amides is 1. The van der Waals surface area contributed by atoms with Crippen molar-refractivity contribution in [1.29, 1.82) is 0 Å². The van der Waals surface area contributed by atoms with Crippen LogP contribution in [0.2, 0.25) is 0 Å². The second-order valence-corrected chi connectivity index (χ2v) is 6.55. The molecule has 0 spiro atoms. The maximum Gasteiger partial charge on any atom is 0.317 e. The van der Waals surface area contributed by atoms with Crippen LogP contribution in [0.25, 0.3) is 0 Å². The van der Waals surface area contributed by atoms with Crippen LogP contribution in [-0.4, -0.2) is 145 Å². The summed E-state index contributed by atoms with van der Waals surface area (Å²) in [4.78, 5) is 51.6. The Bertz CT molecular complexity index is 488. The largest absolute Gasteiger partial charge is 0.480 e. The van der Waals surface area contributed by atoms with Gasteiger partial charge in [0.15, 0.2) is 0 Å². The van der Waals surface area contributed by atoms with Crippen molar-refractivity contribution in [3.63, 3.8) is 0 Å². The van der Waals surface area contributed by atoms with Crippen LogP contribution in [0.5, 0.6) is 0 Å². The number of carboxylic acid groups (broad SMARTS) is 2. The molecule has 1 fully saturated rings. The lowest BCUT2D eigenvalue weighted by molar-refractivity contribution is -0.139. The first-order valence-electron chi connectivity index (χ1n) is 9.29. The van der Waals surface area contributed by atoms with Gasteiger partial charge in [-0.05, 0) is 0 Å². The number of hydrogen-bond acceptors (Lipinski definition) is 9. The molecule has 0 aromatic carbocycles. The van der Waals surface area contributed by atoms with Gasteiger partial charge in [0.05, 0.1) is 26.2 Å². The van der Waals surface area contributed by atoms with Gasteiger partial charge in [-0.25, -0.2) is 0 Å². The van der Waals surface area contributed by atoms with E-state index in [0.717, 1.165) is 13.4 Å². The van der Waals surface area contributed by atoms with Gasteiger partial charge < -0.3 is 25.8 Å². The first-order valence-corrected chi connectivity index (χ1v) is 9.29. The van der Waals surface area contributed by atoms with E-state index in [4.69, 9.17) is 21.1 Å². The normalized spacial score (nSPS) is 18.6. The minimum absolute atomic E-state index is 0.0269. The third-order valence-electron chi connectivity index (χ3n) is 4.36. The predicted octanol–water partition coefficient (Wildman–Crippen LogP) is -3.33. The van der Waals surface area contributed by atoms with Crippen LogP contribution in [0.1, 0.15) is 0 Å². The number of aliphatic carboxylic acids is 2. The molecule has 12 nitrogen and oxygen atoms in total. The van der Waals surface area contributed by atoms with Gasteiger partial charge in [0.1, 0.15) is 6.29 Å². The Morgan fingerprint density at radius 2 is 1.03 bits per heavy atom. The maximum atomic E-state index is 11.3. The van der Waals surface area contributed by atoms with Crippen LogP contribution in [-0.2, 0) is 19.2 Å². The molecule has 1 aliphatic rings. The first-order chi connectivity index (χ1) is 13.8. The van der Waals surface area contributed by atoms with Crippen molar-refractivity contribution < 1.29 is 34.5 Å². The fourth-order valence-electron chi connectivity index (χ4n) is 2.94. The van der Waals surface area contributed by atoms with Crippen LogP contribution in [0.15, 0.2) is 0 Å². The second-order valence-electron chi connectivity index (χ2n) is 6.55. The average molecular weight is 419 g/mol. The quantitative estimate of drug-likeness (QED) is 0.290. The lowest BCUT2D eigenvalue weighted by atomic mass is 10.3. The first kappa shape index (κ1) is 26.9. The van der Waals surface area contributed by atoms with Gasteiger partial charge in [-0.15, -0.1) is 0 Å². The van der Waals surface area contributed by atoms with Crippen molar-refractivity contribution in [2.24, 2.45) is 5.73 Å². The number of nitrogens with zero attached hydrogens (tertiary/aromatic N) is 4. The summed E-state index contributed by atoms with van der Waals surface area (Å²) in [5.74, 6) is -2.38. The molecular formula is C17H33N5O7. The summed E-state index contributed by atoms with van der Waals surface area (Å²) < 4.78 is 0. The number of aliphatic hydroxyl groups is 1. The number of carbonyl (C=O) groups excluding carboxylic acids is 2. The van der Waals surface area contributed by atoms with Crippen LogP contribution in [0.3, 0.4) is 0 Å². The average Bonchev–Trinajstić information content (AvgIpc) is 2.64. The third kappa shape index (κ3) is 13.7. The minimum atomic E-state index is -0.946. The lowest BCUT2D eigenvalue weighted by Crippen LogP contribution is -2.49. The smallest absolute Gasteiger partial charge is 0.317 e. The number of carboxylic acids is 2. The molecule has 1 aliphatic heterocycles. The number of carbonyl (C=O) groups is 4. The summed E-state index contributed by atoms with van der Waals surface area (Å²) in [6, 6.07) is 0.